The van der Waals surface area contributed by atoms with E-state index in [0.29, 0.717) is 32.4 Å². The zero-order chi connectivity index (χ0) is 34.8. The summed E-state index contributed by atoms with van der Waals surface area (Å²) >= 11 is 0. The Morgan fingerprint density at radius 2 is 1.50 bits per heavy atom. The van der Waals surface area contributed by atoms with Crippen molar-refractivity contribution in [1.82, 2.24) is 30.5 Å². The van der Waals surface area contributed by atoms with E-state index in [9.17, 15) is 32.4 Å². The highest BCUT2D eigenvalue weighted by molar-refractivity contribution is 7.89. The van der Waals surface area contributed by atoms with Crippen molar-refractivity contribution in [3.05, 3.63) is 0 Å². The van der Waals surface area contributed by atoms with Gasteiger partial charge in [0.25, 0.3) is 5.91 Å². The Bertz CT molecular complexity index is 1270. The second kappa shape index (κ2) is 14.6. The molecule has 3 rings (SSSR count). The number of nitrogens with one attached hydrogen (secondary N) is 4. The van der Waals surface area contributed by atoms with Crippen molar-refractivity contribution in [3.63, 3.8) is 0 Å². The predicted octanol–water partition coefficient (Wildman–Crippen LogP) is 1.62. The van der Waals surface area contributed by atoms with E-state index < -0.39 is 74.6 Å². The second-order valence-corrected chi connectivity index (χ2v) is 17.8. The van der Waals surface area contributed by atoms with Crippen molar-refractivity contribution in [2.75, 3.05) is 32.4 Å². The summed E-state index contributed by atoms with van der Waals surface area (Å²) in [6.07, 6.45) is 3.33. The molecule has 13 nitrogen and oxygen atoms in total. The number of sulfonamides is 1. The van der Waals surface area contributed by atoms with Crippen molar-refractivity contribution in [1.29, 1.82) is 0 Å². The van der Waals surface area contributed by atoms with Crippen LogP contribution < -0.4 is 21.3 Å². The molecule has 1 unspecified atom stereocenters. The first-order valence-electron chi connectivity index (χ1n) is 16.6. The summed E-state index contributed by atoms with van der Waals surface area (Å²) in [5.74, 6) is -2.19. The minimum Gasteiger partial charge on any atom is -0.353 e. The Balaban J connectivity index is 1.83. The van der Waals surface area contributed by atoms with Crippen molar-refractivity contribution in [2.24, 2.45) is 28.6 Å². The molecule has 3 fully saturated rings. The third kappa shape index (κ3) is 9.42. The fourth-order valence-electron chi connectivity index (χ4n) is 6.34. The van der Waals surface area contributed by atoms with Gasteiger partial charge in [-0.1, -0.05) is 68.2 Å². The summed E-state index contributed by atoms with van der Waals surface area (Å²) in [5.41, 5.74) is -1.23. The second-order valence-electron chi connectivity index (χ2n) is 15.7. The number of likely N-dealkylation sites (N-methyl/N-ethyl adjacent to an activating group) is 1. The maximum absolute atomic E-state index is 14.3. The number of ketones is 1. The van der Waals surface area contributed by atoms with Gasteiger partial charge in [-0.3, -0.25) is 19.2 Å². The Morgan fingerprint density at radius 3 is 1.98 bits per heavy atom. The first-order valence-corrected chi connectivity index (χ1v) is 18.2. The van der Waals surface area contributed by atoms with Gasteiger partial charge in [-0.2, -0.15) is 4.31 Å². The van der Waals surface area contributed by atoms with Crippen LogP contribution in [0.2, 0.25) is 0 Å². The normalized spacial score (nSPS) is 23.8. The quantitative estimate of drug-likeness (QED) is 0.229. The maximum atomic E-state index is 14.3. The molecule has 2 saturated heterocycles. The molecule has 1 aliphatic carbocycles. The molecule has 0 aromatic rings. The fraction of sp³-hybridized carbons (Fsp3) is 0.844. The monoisotopic (exact) mass is 668 g/mol. The minimum absolute atomic E-state index is 0.0452. The first-order chi connectivity index (χ1) is 21.2. The number of carbonyl (C=O) groups is 5. The van der Waals surface area contributed by atoms with Crippen LogP contribution in [0, 0.1) is 28.6 Å². The lowest BCUT2D eigenvalue weighted by Gasteiger charge is -2.38. The van der Waals surface area contributed by atoms with Gasteiger partial charge in [0.05, 0.1) is 11.8 Å². The van der Waals surface area contributed by atoms with Crippen LogP contribution in [-0.4, -0.2) is 104 Å². The number of amides is 5. The van der Waals surface area contributed by atoms with Gasteiger partial charge in [0, 0.05) is 32.7 Å². The summed E-state index contributed by atoms with van der Waals surface area (Å²) in [7, 11) is -2.01. The zero-order valence-corrected chi connectivity index (χ0v) is 29.9. The molecule has 0 bridgehead atoms. The van der Waals surface area contributed by atoms with E-state index in [0.717, 1.165) is 12.8 Å². The highest BCUT2D eigenvalue weighted by Gasteiger charge is 2.48. The molecule has 0 aromatic heterocycles. The van der Waals surface area contributed by atoms with Gasteiger partial charge in [0.2, 0.25) is 27.6 Å². The van der Waals surface area contributed by atoms with E-state index in [4.69, 9.17) is 0 Å². The van der Waals surface area contributed by atoms with Crippen LogP contribution in [0.15, 0.2) is 0 Å². The van der Waals surface area contributed by atoms with Crippen molar-refractivity contribution in [3.8, 4) is 0 Å². The molecule has 2 heterocycles. The van der Waals surface area contributed by atoms with E-state index in [2.05, 4.69) is 21.3 Å². The molecule has 262 valence electrons. The van der Waals surface area contributed by atoms with Crippen molar-refractivity contribution >= 4 is 39.6 Å². The molecule has 0 spiro atoms. The molecular formula is C32H56N6O7S. The Morgan fingerprint density at radius 1 is 0.870 bits per heavy atom. The SMILES string of the molecule is CNC(=O)C(=O)C(CC1CC1)NC(=O)[C@@H]1[C@@H](C(C)C)CCN1C(=O)[C@@H](NC(=O)N[C@H](CN1CCCS1(=O)=O)C(C)(C)C)C(C)(C)C. The lowest BCUT2D eigenvalue weighted by atomic mass is 9.84. The van der Waals surface area contributed by atoms with Crippen LogP contribution in [0.3, 0.4) is 0 Å². The van der Waals surface area contributed by atoms with Crippen LogP contribution in [0.1, 0.15) is 87.5 Å². The highest BCUT2D eigenvalue weighted by atomic mass is 32.2. The van der Waals surface area contributed by atoms with Crippen LogP contribution >= 0.6 is 0 Å². The number of Topliss-reactive ketones (excluding diaryl/α,β-unsaturated/α-hetero) is 1. The largest absolute Gasteiger partial charge is 0.353 e. The van der Waals surface area contributed by atoms with Crippen LogP contribution in [0.25, 0.3) is 0 Å². The topological polar surface area (TPSA) is 174 Å². The molecule has 0 aromatic carbocycles. The Kier molecular flexibility index (Phi) is 11.9. The van der Waals surface area contributed by atoms with Crippen LogP contribution in [-0.2, 0) is 29.2 Å². The van der Waals surface area contributed by atoms with E-state index >= 15 is 0 Å². The van der Waals surface area contributed by atoms with Gasteiger partial charge in [0.1, 0.15) is 12.1 Å². The Labute approximate surface area is 274 Å². The summed E-state index contributed by atoms with van der Waals surface area (Å²) in [6.45, 7) is 16.0. The molecule has 5 amide bonds. The summed E-state index contributed by atoms with van der Waals surface area (Å²) < 4.78 is 26.4. The third-order valence-corrected chi connectivity index (χ3v) is 11.5. The molecule has 14 heteroatoms. The smallest absolute Gasteiger partial charge is 0.315 e. The molecular weight excluding hydrogens is 612 g/mol. The molecule has 2 aliphatic heterocycles. The van der Waals surface area contributed by atoms with Gasteiger partial charge in [-0.05, 0) is 47.8 Å². The zero-order valence-electron chi connectivity index (χ0n) is 29.1. The van der Waals surface area contributed by atoms with E-state index in [1.165, 1.54) is 16.3 Å². The fourth-order valence-corrected chi connectivity index (χ4v) is 7.87. The number of carbonyl (C=O) groups excluding carboxylic acids is 5. The molecule has 1 saturated carbocycles. The summed E-state index contributed by atoms with van der Waals surface area (Å²) in [4.78, 5) is 68.3. The molecule has 46 heavy (non-hydrogen) atoms. The summed E-state index contributed by atoms with van der Waals surface area (Å²) in [5, 5.41) is 11.0. The number of nitrogens with zero attached hydrogens (tertiary/aromatic N) is 2. The van der Waals surface area contributed by atoms with E-state index in [1.54, 1.807) is 0 Å². The summed E-state index contributed by atoms with van der Waals surface area (Å²) in [6, 6.07) is -4.02. The van der Waals surface area contributed by atoms with Crippen molar-refractivity contribution < 1.29 is 32.4 Å². The first kappa shape index (κ1) is 37.7. The number of urea groups is 1. The number of likely N-dealkylation sites (tertiary alicyclic amines) is 1. The minimum atomic E-state index is -3.38. The van der Waals surface area contributed by atoms with Gasteiger partial charge in [-0.25, -0.2) is 13.2 Å². The lowest BCUT2D eigenvalue weighted by molar-refractivity contribution is -0.144. The van der Waals surface area contributed by atoms with E-state index in [1.807, 2.05) is 55.4 Å². The maximum Gasteiger partial charge on any atom is 0.315 e. The van der Waals surface area contributed by atoms with Crippen LogP contribution in [0.5, 0.6) is 0 Å². The number of rotatable bonds is 12. The van der Waals surface area contributed by atoms with Crippen molar-refractivity contribution in [2.45, 2.75) is 112 Å². The van der Waals surface area contributed by atoms with E-state index in [-0.39, 0.29) is 30.1 Å². The average molecular weight is 669 g/mol. The highest BCUT2D eigenvalue weighted by Crippen LogP contribution is 2.36. The van der Waals surface area contributed by atoms with Gasteiger partial charge in [-0.15, -0.1) is 0 Å². The third-order valence-electron chi connectivity index (χ3n) is 9.53. The van der Waals surface area contributed by atoms with Gasteiger partial charge < -0.3 is 26.2 Å². The lowest BCUT2D eigenvalue weighted by Crippen LogP contribution is -2.62. The van der Waals surface area contributed by atoms with Gasteiger partial charge >= 0.3 is 6.03 Å². The Hall–Kier alpha value is -2.74. The molecule has 4 N–H and O–H groups in total. The van der Waals surface area contributed by atoms with Crippen LogP contribution in [0.4, 0.5) is 4.79 Å². The van der Waals surface area contributed by atoms with Gasteiger partial charge in [0.15, 0.2) is 0 Å². The molecule has 3 aliphatic rings. The standard InChI is InChI=1S/C32H56N6O7S/c1-19(2)21-13-15-38(24(21)27(40)34-22(17-20-11-12-20)25(39)28(41)33-9)29(42)26(32(6,7)8)36-30(43)35-23(31(3,4)5)18-37-14-10-16-46(37,44)45/h19-24,26H,10-18H2,1-9H3,(H,33,41)(H,34,40)(H2,35,36,43)/t21-,22?,23-,24+,26-/m1/s1. The number of hydrogen-bond donors (Lipinski definition) is 4. The molecule has 0 radical (unpaired) electrons. The predicted molar refractivity (Wildman–Crippen MR) is 175 cm³/mol. The number of hydrogen-bond acceptors (Lipinski definition) is 7. The molecule has 5 atom stereocenters. The average Bonchev–Trinajstić information content (AvgIpc) is 3.53.